The van der Waals surface area contributed by atoms with Crippen LogP contribution in [0.15, 0.2) is 42.5 Å². The van der Waals surface area contributed by atoms with Crippen LogP contribution in [0.2, 0.25) is 5.02 Å². The van der Waals surface area contributed by atoms with E-state index in [1.807, 2.05) is 0 Å². The van der Waals surface area contributed by atoms with Crippen LogP contribution in [0.25, 0.3) is 0 Å². The Kier molecular flexibility index (Phi) is 6.26. The van der Waals surface area contributed by atoms with Crippen LogP contribution in [0.1, 0.15) is 23.2 Å². The van der Waals surface area contributed by atoms with Crippen molar-refractivity contribution in [2.75, 3.05) is 11.9 Å². The number of halogens is 3. The van der Waals surface area contributed by atoms with Crippen molar-refractivity contribution in [1.29, 1.82) is 0 Å². The number of benzene rings is 2. The lowest BCUT2D eigenvalue weighted by Gasteiger charge is -2.08. The van der Waals surface area contributed by atoms with Crippen LogP contribution in [0.4, 0.5) is 14.5 Å². The number of hydrogen-bond donors (Lipinski definition) is 2. The number of nitrogens with one attached hydrogen (secondary N) is 2. The molecule has 0 atom stereocenters. The van der Waals surface area contributed by atoms with Crippen LogP contribution in [0.5, 0.6) is 0 Å². The van der Waals surface area contributed by atoms with E-state index >= 15 is 0 Å². The number of carbonyl (C=O) groups is 2. The standard InChI is InChI=1S/C17H15ClF2N2O2/c18-13-4-1-2-5-15(13)22-16(23)6-3-9-21-17(24)12-8-7-11(19)10-14(12)20/h1-2,4-5,7-8,10H,3,6,9H2,(H,21,24)(H,22,23). The average Bonchev–Trinajstić information content (AvgIpc) is 2.53. The zero-order chi connectivity index (χ0) is 17.5. The number of rotatable bonds is 6. The first-order chi connectivity index (χ1) is 11.5. The monoisotopic (exact) mass is 352 g/mol. The van der Waals surface area contributed by atoms with E-state index in [1.165, 1.54) is 0 Å². The van der Waals surface area contributed by atoms with Crippen LogP contribution < -0.4 is 10.6 Å². The van der Waals surface area contributed by atoms with Gasteiger partial charge in [-0.2, -0.15) is 0 Å². The van der Waals surface area contributed by atoms with Gasteiger partial charge < -0.3 is 10.6 Å². The molecular formula is C17H15ClF2N2O2. The molecule has 0 heterocycles. The minimum atomic E-state index is -0.927. The van der Waals surface area contributed by atoms with Crippen molar-refractivity contribution in [2.24, 2.45) is 0 Å². The molecule has 0 aliphatic carbocycles. The Labute approximate surface area is 142 Å². The summed E-state index contributed by atoms with van der Waals surface area (Å²) in [4.78, 5) is 23.6. The molecule has 4 nitrogen and oxygen atoms in total. The van der Waals surface area contributed by atoms with E-state index in [-0.39, 0.29) is 24.4 Å². The highest BCUT2D eigenvalue weighted by molar-refractivity contribution is 6.33. The van der Waals surface area contributed by atoms with E-state index in [4.69, 9.17) is 11.6 Å². The van der Waals surface area contributed by atoms with Gasteiger partial charge in [0.15, 0.2) is 0 Å². The quantitative estimate of drug-likeness (QED) is 0.777. The normalized spacial score (nSPS) is 10.3. The van der Waals surface area contributed by atoms with Gasteiger partial charge in [-0.05, 0) is 30.7 Å². The second kappa shape index (κ2) is 8.40. The molecule has 2 aromatic carbocycles. The molecule has 2 aromatic rings. The minimum absolute atomic E-state index is 0.164. The number of anilines is 1. The second-order valence-corrected chi connectivity index (χ2v) is 5.42. The van der Waals surface area contributed by atoms with Crippen molar-refractivity contribution >= 4 is 29.1 Å². The van der Waals surface area contributed by atoms with E-state index in [1.54, 1.807) is 24.3 Å². The largest absolute Gasteiger partial charge is 0.352 e. The van der Waals surface area contributed by atoms with Gasteiger partial charge >= 0.3 is 0 Å². The van der Waals surface area contributed by atoms with Gasteiger partial charge in [-0.1, -0.05) is 23.7 Å². The summed E-state index contributed by atoms with van der Waals surface area (Å²) in [6.45, 7) is 0.186. The highest BCUT2D eigenvalue weighted by atomic mass is 35.5. The van der Waals surface area contributed by atoms with Crippen LogP contribution in [-0.2, 0) is 4.79 Å². The Hall–Kier alpha value is -2.47. The summed E-state index contributed by atoms with van der Waals surface area (Å²) < 4.78 is 26.2. The predicted molar refractivity (Wildman–Crippen MR) is 88.0 cm³/mol. The molecule has 2 N–H and O–H groups in total. The molecule has 2 amide bonds. The summed E-state index contributed by atoms with van der Waals surface area (Å²) in [6.07, 6.45) is 0.530. The van der Waals surface area contributed by atoms with Gasteiger partial charge in [0.1, 0.15) is 11.6 Å². The van der Waals surface area contributed by atoms with Gasteiger partial charge in [-0.15, -0.1) is 0 Å². The third kappa shape index (κ3) is 5.03. The molecule has 0 saturated carbocycles. The molecule has 0 saturated heterocycles. The maximum atomic E-state index is 13.4. The second-order valence-electron chi connectivity index (χ2n) is 5.01. The lowest BCUT2D eigenvalue weighted by atomic mass is 10.2. The fourth-order valence-corrected chi connectivity index (χ4v) is 2.18. The third-order valence-electron chi connectivity index (χ3n) is 3.19. The molecule has 0 unspecified atom stereocenters. The number of para-hydroxylation sites is 1. The molecule has 24 heavy (non-hydrogen) atoms. The Morgan fingerprint density at radius 2 is 1.83 bits per heavy atom. The van der Waals surface area contributed by atoms with Gasteiger partial charge in [0, 0.05) is 19.0 Å². The smallest absolute Gasteiger partial charge is 0.254 e. The van der Waals surface area contributed by atoms with E-state index in [2.05, 4.69) is 10.6 Å². The van der Waals surface area contributed by atoms with Crippen molar-refractivity contribution in [3.63, 3.8) is 0 Å². The highest BCUT2D eigenvalue weighted by Gasteiger charge is 2.12. The van der Waals surface area contributed by atoms with Crippen molar-refractivity contribution in [1.82, 2.24) is 5.32 Å². The van der Waals surface area contributed by atoms with E-state index in [0.717, 1.165) is 12.1 Å². The molecule has 0 radical (unpaired) electrons. The van der Waals surface area contributed by atoms with Gasteiger partial charge in [-0.25, -0.2) is 8.78 Å². The van der Waals surface area contributed by atoms with Gasteiger partial charge in [0.25, 0.3) is 5.91 Å². The molecule has 126 valence electrons. The molecule has 0 aliphatic heterocycles. The van der Waals surface area contributed by atoms with Crippen LogP contribution in [-0.4, -0.2) is 18.4 Å². The summed E-state index contributed by atoms with van der Waals surface area (Å²) in [7, 11) is 0. The first kappa shape index (κ1) is 17.9. The number of amides is 2. The van der Waals surface area contributed by atoms with Crippen LogP contribution in [0.3, 0.4) is 0 Å². The zero-order valence-corrected chi connectivity index (χ0v) is 13.4. The molecule has 0 bridgehead atoms. The summed E-state index contributed by atoms with van der Waals surface area (Å²) in [5.74, 6) is -2.58. The Morgan fingerprint density at radius 3 is 2.54 bits per heavy atom. The average molecular weight is 353 g/mol. The lowest BCUT2D eigenvalue weighted by molar-refractivity contribution is -0.116. The third-order valence-corrected chi connectivity index (χ3v) is 3.52. The molecule has 0 fully saturated rings. The van der Waals surface area contributed by atoms with Crippen molar-refractivity contribution in [3.05, 3.63) is 64.7 Å². The van der Waals surface area contributed by atoms with E-state index in [9.17, 15) is 18.4 Å². The Morgan fingerprint density at radius 1 is 1.08 bits per heavy atom. The molecule has 0 spiro atoms. The minimum Gasteiger partial charge on any atom is -0.352 e. The van der Waals surface area contributed by atoms with Gasteiger partial charge in [-0.3, -0.25) is 9.59 Å². The van der Waals surface area contributed by atoms with Crippen LogP contribution in [0, 0.1) is 11.6 Å². The molecule has 0 aliphatic rings. The molecular weight excluding hydrogens is 338 g/mol. The molecule has 7 heteroatoms. The highest BCUT2D eigenvalue weighted by Crippen LogP contribution is 2.20. The number of carbonyl (C=O) groups excluding carboxylic acids is 2. The fourth-order valence-electron chi connectivity index (χ4n) is 1.99. The van der Waals surface area contributed by atoms with Gasteiger partial charge in [0.2, 0.25) is 5.91 Å². The topological polar surface area (TPSA) is 58.2 Å². The maximum absolute atomic E-state index is 13.4. The fraction of sp³-hybridized carbons (Fsp3) is 0.176. The van der Waals surface area contributed by atoms with Gasteiger partial charge in [0.05, 0.1) is 16.3 Å². The Bertz CT molecular complexity index is 753. The Balaban J connectivity index is 1.75. The summed E-state index contributed by atoms with van der Waals surface area (Å²) in [6, 6.07) is 9.57. The van der Waals surface area contributed by atoms with Crippen molar-refractivity contribution in [2.45, 2.75) is 12.8 Å². The van der Waals surface area contributed by atoms with Crippen molar-refractivity contribution in [3.8, 4) is 0 Å². The first-order valence-corrected chi connectivity index (χ1v) is 7.63. The van der Waals surface area contributed by atoms with Crippen LogP contribution >= 0.6 is 11.6 Å². The van der Waals surface area contributed by atoms with E-state index < -0.39 is 17.5 Å². The maximum Gasteiger partial charge on any atom is 0.254 e. The lowest BCUT2D eigenvalue weighted by Crippen LogP contribution is -2.26. The first-order valence-electron chi connectivity index (χ1n) is 7.25. The summed E-state index contributed by atoms with van der Waals surface area (Å²) >= 11 is 5.93. The molecule has 0 aromatic heterocycles. The zero-order valence-electron chi connectivity index (χ0n) is 12.6. The van der Waals surface area contributed by atoms with Crippen molar-refractivity contribution < 1.29 is 18.4 Å². The number of hydrogen-bond acceptors (Lipinski definition) is 2. The SMILES string of the molecule is O=C(CCCNC(=O)c1ccc(F)cc1F)Nc1ccccc1Cl. The van der Waals surface area contributed by atoms with E-state index in [0.29, 0.717) is 23.2 Å². The summed E-state index contributed by atoms with van der Waals surface area (Å²) in [5, 5.41) is 5.58. The summed E-state index contributed by atoms with van der Waals surface area (Å²) in [5.41, 5.74) is 0.276. The predicted octanol–water partition coefficient (Wildman–Crippen LogP) is 3.77. The molecule has 2 rings (SSSR count).